The molecular weight excluding hydrogens is 408 g/mol. The summed E-state index contributed by atoms with van der Waals surface area (Å²) >= 11 is 1.42. The number of imidazole rings is 1. The number of benzene rings is 1. The largest absolute Gasteiger partial charge is 0.325 e. The number of aromatic nitrogens is 2. The van der Waals surface area contributed by atoms with Crippen LogP contribution in [0, 0.1) is 20.8 Å². The fourth-order valence-electron chi connectivity index (χ4n) is 3.69. The molecule has 1 fully saturated rings. The van der Waals surface area contributed by atoms with Crippen molar-refractivity contribution < 1.29 is 13.2 Å². The van der Waals surface area contributed by atoms with Crippen LogP contribution in [0.25, 0.3) is 0 Å². The van der Waals surface area contributed by atoms with Crippen LogP contribution in [0.2, 0.25) is 0 Å². The Morgan fingerprint density at radius 1 is 1.24 bits per heavy atom. The molecule has 0 unspecified atom stereocenters. The first kappa shape index (κ1) is 21.9. The molecule has 1 saturated carbocycles. The number of rotatable bonds is 7. The first-order valence-corrected chi connectivity index (χ1v) is 12.2. The van der Waals surface area contributed by atoms with Gasteiger partial charge in [0, 0.05) is 17.4 Å². The first-order valence-electron chi connectivity index (χ1n) is 9.75. The Kier molecular flexibility index (Phi) is 6.70. The molecule has 7 nitrogen and oxygen atoms in total. The Labute approximate surface area is 176 Å². The Morgan fingerprint density at radius 3 is 2.59 bits per heavy atom. The van der Waals surface area contributed by atoms with Gasteiger partial charge in [0.1, 0.15) is 0 Å². The molecule has 158 valence electrons. The number of anilines is 1. The zero-order chi connectivity index (χ0) is 21.2. The molecule has 0 saturated heterocycles. The van der Waals surface area contributed by atoms with E-state index in [1.165, 1.54) is 43.4 Å². The average Bonchev–Trinajstić information content (AvgIpc) is 3.30. The van der Waals surface area contributed by atoms with Crippen LogP contribution < -0.4 is 10.0 Å². The maximum Gasteiger partial charge on any atom is 0.240 e. The van der Waals surface area contributed by atoms with E-state index in [0.717, 1.165) is 23.7 Å². The molecule has 2 N–H and O–H groups in total. The maximum atomic E-state index is 12.5. The molecule has 1 aromatic carbocycles. The second-order valence-electron chi connectivity index (χ2n) is 7.40. The van der Waals surface area contributed by atoms with E-state index >= 15 is 0 Å². The summed E-state index contributed by atoms with van der Waals surface area (Å²) < 4.78 is 28.9. The highest BCUT2D eigenvalue weighted by molar-refractivity contribution is 7.99. The van der Waals surface area contributed by atoms with Gasteiger partial charge >= 0.3 is 0 Å². The lowest BCUT2D eigenvalue weighted by Crippen LogP contribution is -2.20. The normalized spacial score (nSPS) is 15.0. The van der Waals surface area contributed by atoms with Crippen LogP contribution >= 0.6 is 11.8 Å². The quantitative estimate of drug-likeness (QED) is 0.648. The van der Waals surface area contributed by atoms with Crippen molar-refractivity contribution in [3.63, 3.8) is 0 Å². The lowest BCUT2D eigenvalue weighted by molar-refractivity contribution is -0.113. The molecule has 1 aliphatic carbocycles. The minimum Gasteiger partial charge on any atom is -0.325 e. The molecule has 2 aromatic rings. The van der Waals surface area contributed by atoms with Crippen molar-refractivity contribution in [2.75, 3.05) is 18.1 Å². The first-order chi connectivity index (χ1) is 13.7. The number of carbonyl (C=O) groups is 1. The van der Waals surface area contributed by atoms with Gasteiger partial charge in [0.25, 0.3) is 0 Å². The van der Waals surface area contributed by atoms with Gasteiger partial charge in [0.2, 0.25) is 15.9 Å². The average molecular weight is 437 g/mol. The van der Waals surface area contributed by atoms with Crippen LogP contribution in [-0.4, -0.2) is 36.7 Å². The van der Waals surface area contributed by atoms with Gasteiger partial charge in [-0.1, -0.05) is 30.7 Å². The Morgan fingerprint density at radius 2 is 1.93 bits per heavy atom. The van der Waals surface area contributed by atoms with Gasteiger partial charge in [-0.2, -0.15) is 0 Å². The number of aryl methyl sites for hydroxylation is 2. The van der Waals surface area contributed by atoms with Gasteiger partial charge in [-0.25, -0.2) is 18.1 Å². The SMILES string of the molecule is CNS(=O)(=O)c1cc(NC(=O)CSc2nc(C)c(C)n2C2CCCC2)ccc1C. The van der Waals surface area contributed by atoms with E-state index in [1.807, 2.05) is 6.92 Å². The highest BCUT2D eigenvalue weighted by atomic mass is 32.2. The molecule has 3 rings (SSSR count). The summed E-state index contributed by atoms with van der Waals surface area (Å²) in [5, 5.41) is 3.68. The molecule has 9 heteroatoms. The summed E-state index contributed by atoms with van der Waals surface area (Å²) in [7, 11) is -2.21. The van der Waals surface area contributed by atoms with Crippen LogP contribution in [0.1, 0.15) is 48.7 Å². The number of carbonyl (C=O) groups excluding carboxylic acids is 1. The molecule has 0 radical (unpaired) electrons. The van der Waals surface area contributed by atoms with E-state index in [1.54, 1.807) is 19.1 Å². The fourth-order valence-corrected chi connectivity index (χ4v) is 5.65. The lowest BCUT2D eigenvalue weighted by Gasteiger charge is -2.17. The fraction of sp³-hybridized carbons (Fsp3) is 0.500. The number of nitrogens with one attached hydrogen (secondary N) is 2. The zero-order valence-electron chi connectivity index (χ0n) is 17.3. The van der Waals surface area contributed by atoms with E-state index in [9.17, 15) is 13.2 Å². The van der Waals surface area contributed by atoms with Crippen molar-refractivity contribution >= 4 is 33.4 Å². The van der Waals surface area contributed by atoms with Gasteiger partial charge in [-0.05, 0) is 58.4 Å². The molecule has 29 heavy (non-hydrogen) atoms. The van der Waals surface area contributed by atoms with Crippen molar-refractivity contribution in [3.8, 4) is 0 Å². The predicted octanol–water partition coefficient (Wildman–Crippen LogP) is 3.56. The molecular formula is C20H28N4O3S2. The summed E-state index contributed by atoms with van der Waals surface area (Å²) in [6.45, 7) is 5.81. The third-order valence-electron chi connectivity index (χ3n) is 5.41. The summed E-state index contributed by atoms with van der Waals surface area (Å²) in [6, 6.07) is 5.35. The predicted molar refractivity (Wildman–Crippen MR) is 116 cm³/mol. The second-order valence-corrected chi connectivity index (χ2v) is 10.2. The third-order valence-corrected chi connectivity index (χ3v) is 7.92. The van der Waals surface area contributed by atoms with Crippen LogP contribution in [-0.2, 0) is 14.8 Å². The van der Waals surface area contributed by atoms with Crippen molar-refractivity contribution in [3.05, 3.63) is 35.2 Å². The number of thioether (sulfide) groups is 1. The zero-order valence-corrected chi connectivity index (χ0v) is 18.9. The summed E-state index contributed by atoms with van der Waals surface area (Å²) in [4.78, 5) is 17.3. The van der Waals surface area contributed by atoms with E-state index < -0.39 is 10.0 Å². The van der Waals surface area contributed by atoms with Crippen LogP contribution in [0.15, 0.2) is 28.3 Å². The standard InChI is InChI=1S/C20H28N4O3S2/c1-13-9-10-16(11-18(13)29(26,27)21-4)23-19(25)12-28-20-22-14(2)15(3)24(20)17-7-5-6-8-17/h9-11,17,21H,5-8,12H2,1-4H3,(H,23,25). The van der Waals surface area contributed by atoms with E-state index in [2.05, 4.69) is 26.5 Å². The highest BCUT2D eigenvalue weighted by Gasteiger charge is 2.23. The second kappa shape index (κ2) is 8.89. The Bertz CT molecular complexity index is 1010. The number of nitrogens with zero attached hydrogens (tertiary/aromatic N) is 2. The van der Waals surface area contributed by atoms with Crippen molar-refractivity contribution in [1.82, 2.24) is 14.3 Å². The Balaban J connectivity index is 1.70. The molecule has 0 spiro atoms. The molecule has 0 aliphatic heterocycles. The lowest BCUT2D eigenvalue weighted by atomic mass is 10.2. The van der Waals surface area contributed by atoms with Gasteiger partial charge in [-0.3, -0.25) is 4.79 Å². The number of hydrogen-bond acceptors (Lipinski definition) is 5. The topological polar surface area (TPSA) is 93.1 Å². The molecule has 0 atom stereocenters. The van der Waals surface area contributed by atoms with Crippen molar-refractivity contribution in [2.24, 2.45) is 0 Å². The van der Waals surface area contributed by atoms with Crippen LogP contribution in [0.5, 0.6) is 0 Å². The summed E-state index contributed by atoms with van der Waals surface area (Å²) in [5.74, 6) is 0.0212. The smallest absolute Gasteiger partial charge is 0.240 e. The molecule has 1 heterocycles. The van der Waals surface area contributed by atoms with Gasteiger partial charge in [0.05, 0.1) is 16.3 Å². The molecule has 1 amide bonds. The third kappa shape index (κ3) is 4.84. The Hall–Kier alpha value is -1.84. The minimum atomic E-state index is -3.58. The number of hydrogen-bond donors (Lipinski definition) is 2. The number of amides is 1. The van der Waals surface area contributed by atoms with Crippen molar-refractivity contribution in [2.45, 2.75) is 62.5 Å². The van der Waals surface area contributed by atoms with Gasteiger partial charge < -0.3 is 9.88 Å². The molecule has 0 bridgehead atoms. The summed E-state index contributed by atoms with van der Waals surface area (Å²) in [5.41, 5.74) is 3.25. The van der Waals surface area contributed by atoms with Crippen LogP contribution in [0.3, 0.4) is 0 Å². The summed E-state index contributed by atoms with van der Waals surface area (Å²) in [6.07, 6.45) is 4.78. The highest BCUT2D eigenvalue weighted by Crippen LogP contribution is 2.35. The maximum absolute atomic E-state index is 12.5. The number of sulfonamides is 1. The molecule has 1 aliphatic rings. The van der Waals surface area contributed by atoms with Gasteiger partial charge in [-0.15, -0.1) is 0 Å². The van der Waals surface area contributed by atoms with E-state index in [4.69, 9.17) is 0 Å². The monoisotopic (exact) mass is 436 g/mol. The van der Waals surface area contributed by atoms with Crippen LogP contribution in [0.4, 0.5) is 5.69 Å². The van der Waals surface area contributed by atoms with Gasteiger partial charge in [0.15, 0.2) is 5.16 Å². The molecule has 1 aromatic heterocycles. The minimum absolute atomic E-state index is 0.161. The van der Waals surface area contributed by atoms with Crippen molar-refractivity contribution in [1.29, 1.82) is 0 Å². The van der Waals surface area contributed by atoms with E-state index in [0.29, 0.717) is 17.3 Å². The van der Waals surface area contributed by atoms with E-state index in [-0.39, 0.29) is 16.6 Å².